The normalized spacial score (nSPS) is 27.2. The summed E-state index contributed by atoms with van der Waals surface area (Å²) in [7, 11) is 0.217. The maximum atomic E-state index is 4.02. The highest BCUT2D eigenvalue weighted by atomic mass is 32.2. The van der Waals surface area contributed by atoms with E-state index >= 15 is 0 Å². The van der Waals surface area contributed by atoms with E-state index in [1.54, 1.807) is 0 Å². The molecule has 0 saturated heterocycles. The van der Waals surface area contributed by atoms with Gasteiger partial charge >= 0.3 is 0 Å². The maximum Gasteiger partial charge on any atom is 0.0329 e. The summed E-state index contributed by atoms with van der Waals surface area (Å²) in [5.41, 5.74) is 0. The molecule has 1 unspecified atom stereocenters. The third-order valence-electron chi connectivity index (χ3n) is 1.38. The maximum absolute atomic E-state index is 4.02. The predicted octanol–water partition coefficient (Wildman–Crippen LogP) is 2.07. The summed E-state index contributed by atoms with van der Waals surface area (Å²) < 4.78 is 0. The van der Waals surface area contributed by atoms with Gasteiger partial charge in [0.15, 0.2) is 0 Å². The Hall–Kier alpha value is -0.890. The topological polar surface area (TPSA) is 12.4 Å². The van der Waals surface area contributed by atoms with E-state index in [9.17, 15) is 0 Å². The number of hydrogen-bond acceptors (Lipinski definition) is 1. The monoisotopic (exact) mass is 149 g/mol. The minimum absolute atomic E-state index is 0.217. The molecule has 2 rings (SSSR count). The van der Waals surface area contributed by atoms with E-state index in [1.165, 1.54) is 4.91 Å². The highest BCUT2D eigenvalue weighted by Gasteiger charge is 2.00. The first-order valence-electron chi connectivity index (χ1n) is 3.10. The summed E-state index contributed by atoms with van der Waals surface area (Å²) in [4.78, 5) is 5.38. The summed E-state index contributed by atoms with van der Waals surface area (Å²) in [6, 6.07) is 0. The highest BCUT2D eigenvalue weighted by molar-refractivity contribution is 8.21. The van der Waals surface area contributed by atoms with Crippen LogP contribution >= 0.6 is 10.5 Å². The second-order valence-corrected chi connectivity index (χ2v) is 3.78. The van der Waals surface area contributed by atoms with Crippen LogP contribution in [0.3, 0.4) is 0 Å². The van der Waals surface area contributed by atoms with Gasteiger partial charge in [-0.3, -0.25) is 4.99 Å². The SMILES string of the molecule is C1=CS2=CC=NC=CC2=C1. The van der Waals surface area contributed by atoms with Crippen molar-refractivity contribution in [2.45, 2.75) is 0 Å². The van der Waals surface area contributed by atoms with Crippen LogP contribution in [0.15, 0.2) is 39.7 Å². The Bertz CT molecular complexity index is 292. The zero-order chi connectivity index (χ0) is 6.81. The quantitative estimate of drug-likeness (QED) is 0.467. The molecular formula is C8H7NS. The second kappa shape index (κ2) is 2.39. The van der Waals surface area contributed by atoms with Gasteiger partial charge in [-0.1, -0.05) is 6.08 Å². The van der Waals surface area contributed by atoms with E-state index in [-0.39, 0.29) is 10.5 Å². The summed E-state index contributed by atoms with van der Waals surface area (Å²) in [6.07, 6.45) is 9.98. The first-order chi connectivity index (χ1) is 4.97. The molecule has 0 fully saturated rings. The van der Waals surface area contributed by atoms with Crippen LogP contribution in [0.2, 0.25) is 0 Å². The van der Waals surface area contributed by atoms with E-state index in [0.29, 0.717) is 0 Å². The Morgan fingerprint density at radius 1 is 1.40 bits per heavy atom. The van der Waals surface area contributed by atoms with Gasteiger partial charge in [0.05, 0.1) is 0 Å². The minimum Gasteiger partial charge on any atom is -0.264 e. The van der Waals surface area contributed by atoms with Gasteiger partial charge in [-0.2, -0.15) is 0 Å². The summed E-state index contributed by atoms with van der Waals surface area (Å²) >= 11 is 0. The van der Waals surface area contributed by atoms with Crippen molar-refractivity contribution >= 4 is 22.1 Å². The van der Waals surface area contributed by atoms with E-state index in [4.69, 9.17) is 0 Å². The lowest BCUT2D eigenvalue weighted by Gasteiger charge is -1.94. The Kier molecular flexibility index (Phi) is 1.40. The van der Waals surface area contributed by atoms with Crippen molar-refractivity contribution in [3.05, 3.63) is 34.7 Å². The number of aliphatic imine (C=N–C) groups is 1. The smallest absolute Gasteiger partial charge is 0.0329 e. The fourth-order valence-corrected chi connectivity index (χ4v) is 2.21. The molecule has 0 aromatic heterocycles. The molecule has 2 aliphatic rings. The van der Waals surface area contributed by atoms with Gasteiger partial charge in [-0.15, -0.1) is 10.5 Å². The van der Waals surface area contributed by atoms with Gasteiger partial charge in [-0.05, 0) is 22.9 Å². The Morgan fingerprint density at radius 3 is 3.40 bits per heavy atom. The van der Waals surface area contributed by atoms with Gasteiger partial charge in [-0.25, -0.2) is 0 Å². The third kappa shape index (κ3) is 0.907. The molecule has 0 aromatic rings. The molecule has 10 heavy (non-hydrogen) atoms. The molecule has 0 aromatic carbocycles. The molecule has 2 heteroatoms. The first kappa shape index (κ1) is 5.86. The largest absolute Gasteiger partial charge is 0.264 e. The van der Waals surface area contributed by atoms with Crippen LogP contribution < -0.4 is 0 Å². The number of rotatable bonds is 0. The zero-order valence-electron chi connectivity index (χ0n) is 5.40. The Morgan fingerprint density at radius 2 is 2.40 bits per heavy atom. The molecule has 50 valence electrons. The molecule has 1 nitrogen and oxygen atoms in total. The van der Waals surface area contributed by atoms with E-state index in [0.717, 1.165) is 0 Å². The number of hydrogen-bond donors (Lipinski definition) is 0. The van der Waals surface area contributed by atoms with Gasteiger partial charge < -0.3 is 0 Å². The van der Waals surface area contributed by atoms with Crippen molar-refractivity contribution in [2.75, 3.05) is 0 Å². The van der Waals surface area contributed by atoms with Crippen molar-refractivity contribution in [3.63, 3.8) is 0 Å². The van der Waals surface area contributed by atoms with Crippen LogP contribution in [0.1, 0.15) is 0 Å². The first-order valence-corrected chi connectivity index (χ1v) is 4.45. The lowest BCUT2D eigenvalue weighted by Crippen LogP contribution is -1.71. The van der Waals surface area contributed by atoms with Crippen molar-refractivity contribution < 1.29 is 0 Å². The molecule has 0 radical (unpaired) electrons. The molecule has 0 bridgehead atoms. The van der Waals surface area contributed by atoms with Crippen LogP contribution in [0, 0.1) is 0 Å². The van der Waals surface area contributed by atoms with Crippen molar-refractivity contribution in [1.29, 1.82) is 0 Å². The average Bonchev–Trinajstić information content (AvgIpc) is 2.28. The second-order valence-electron chi connectivity index (χ2n) is 2.02. The standard InChI is InChI=1S/C8H7NS/c1-2-8-3-4-9-5-7-10(8)6-1/h1-7H. The summed E-state index contributed by atoms with van der Waals surface area (Å²) in [5, 5.41) is 4.31. The molecule has 0 amide bonds. The van der Waals surface area contributed by atoms with Crippen LogP contribution in [-0.4, -0.2) is 11.6 Å². The molecule has 2 aliphatic heterocycles. The van der Waals surface area contributed by atoms with Crippen LogP contribution in [-0.2, 0) is 0 Å². The Balaban J connectivity index is 2.50. The van der Waals surface area contributed by atoms with E-state index in [1.807, 2.05) is 12.4 Å². The van der Waals surface area contributed by atoms with Gasteiger partial charge in [0.2, 0.25) is 0 Å². The molecule has 0 N–H and O–H groups in total. The van der Waals surface area contributed by atoms with Crippen LogP contribution in [0.4, 0.5) is 0 Å². The van der Waals surface area contributed by atoms with Crippen molar-refractivity contribution in [3.8, 4) is 0 Å². The van der Waals surface area contributed by atoms with Crippen molar-refractivity contribution in [1.82, 2.24) is 0 Å². The summed E-state index contributed by atoms with van der Waals surface area (Å²) in [6.45, 7) is 0. The molecule has 0 aliphatic carbocycles. The van der Waals surface area contributed by atoms with Crippen LogP contribution in [0.5, 0.6) is 0 Å². The molecule has 0 spiro atoms. The number of fused-ring (bicyclic) bond motifs is 1. The molecule has 0 saturated carbocycles. The van der Waals surface area contributed by atoms with E-state index in [2.05, 4.69) is 34.0 Å². The number of allylic oxidation sites excluding steroid dienone is 3. The third-order valence-corrected chi connectivity index (χ3v) is 3.06. The van der Waals surface area contributed by atoms with Gasteiger partial charge in [0, 0.05) is 17.3 Å². The molecular weight excluding hydrogens is 142 g/mol. The fourth-order valence-electron chi connectivity index (χ4n) is 0.901. The highest BCUT2D eigenvalue weighted by Crippen LogP contribution is 2.32. The minimum atomic E-state index is 0.217. The molecule has 2 heterocycles. The summed E-state index contributed by atoms with van der Waals surface area (Å²) in [5.74, 6) is 0. The van der Waals surface area contributed by atoms with Gasteiger partial charge in [0.25, 0.3) is 0 Å². The predicted molar refractivity (Wildman–Crippen MR) is 48.5 cm³/mol. The lowest BCUT2D eigenvalue weighted by atomic mass is 10.5. The Labute approximate surface area is 62.4 Å². The lowest BCUT2D eigenvalue weighted by molar-refractivity contribution is 1.60. The average molecular weight is 149 g/mol. The zero-order valence-corrected chi connectivity index (χ0v) is 6.21. The fraction of sp³-hybridized carbons (Fsp3) is 0. The van der Waals surface area contributed by atoms with Crippen LogP contribution in [0.25, 0.3) is 0 Å². The van der Waals surface area contributed by atoms with E-state index < -0.39 is 0 Å². The number of nitrogens with zero attached hydrogens (tertiary/aromatic N) is 1. The molecule has 1 atom stereocenters. The van der Waals surface area contributed by atoms with Gasteiger partial charge in [0.1, 0.15) is 0 Å². The van der Waals surface area contributed by atoms with Crippen molar-refractivity contribution in [2.24, 2.45) is 4.99 Å².